The first-order chi connectivity index (χ1) is 23.1. The molecule has 0 aliphatic heterocycles. The van der Waals surface area contributed by atoms with Crippen molar-refractivity contribution < 1.29 is 19.7 Å². The third-order valence-electron chi connectivity index (χ3n) is 9.71. The highest BCUT2D eigenvalue weighted by atomic mass is 16.5. The Labute approximate surface area is 276 Å². The van der Waals surface area contributed by atoms with Gasteiger partial charge in [0.25, 0.3) is 0 Å². The van der Waals surface area contributed by atoms with Crippen molar-refractivity contribution in [2.75, 3.05) is 26.4 Å². The average molecular weight is 623 g/mol. The van der Waals surface area contributed by atoms with Crippen LogP contribution in [0.3, 0.4) is 0 Å². The molecule has 0 saturated carbocycles. The molecule has 0 unspecified atom stereocenters. The van der Waals surface area contributed by atoms with E-state index in [1.165, 1.54) is 54.3 Å². The van der Waals surface area contributed by atoms with E-state index in [0.29, 0.717) is 13.2 Å². The molecular formula is C43H42O4. The van der Waals surface area contributed by atoms with Gasteiger partial charge in [-0.25, -0.2) is 0 Å². The molecule has 0 aromatic heterocycles. The Morgan fingerprint density at radius 1 is 0.617 bits per heavy atom. The number of ether oxygens (including phenoxy) is 2. The minimum absolute atomic E-state index is 0.180. The van der Waals surface area contributed by atoms with Crippen LogP contribution in [-0.4, -0.2) is 36.6 Å². The predicted molar refractivity (Wildman–Crippen MR) is 193 cm³/mol. The summed E-state index contributed by atoms with van der Waals surface area (Å²) in [6, 6.07) is 30.8. The van der Waals surface area contributed by atoms with Crippen LogP contribution in [0.15, 0.2) is 109 Å². The Morgan fingerprint density at radius 3 is 1.70 bits per heavy atom. The number of aryl methyl sites for hydroxylation is 2. The van der Waals surface area contributed by atoms with Gasteiger partial charge in [0.2, 0.25) is 0 Å². The maximum atomic E-state index is 9.22. The lowest BCUT2D eigenvalue weighted by molar-refractivity contribution is 0.252. The third kappa shape index (κ3) is 5.46. The summed E-state index contributed by atoms with van der Waals surface area (Å²) in [6.07, 6.45) is 12.3. The van der Waals surface area contributed by atoms with E-state index in [1.54, 1.807) is 0 Å². The topological polar surface area (TPSA) is 58.9 Å². The van der Waals surface area contributed by atoms with Crippen LogP contribution in [0, 0.1) is 13.8 Å². The molecular weight excluding hydrogens is 580 g/mol. The van der Waals surface area contributed by atoms with Gasteiger partial charge in [-0.2, -0.15) is 0 Å². The zero-order valence-electron chi connectivity index (χ0n) is 27.3. The average Bonchev–Trinajstić information content (AvgIpc) is 3.51. The Kier molecular flexibility index (Phi) is 8.72. The Bertz CT molecular complexity index is 2090. The van der Waals surface area contributed by atoms with E-state index in [0.717, 1.165) is 48.3 Å². The van der Waals surface area contributed by atoms with Crippen molar-refractivity contribution in [3.05, 3.63) is 141 Å². The molecule has 7 rings (SSSR count). The molecule has 238 valence electrons. The molecule has 0 saturated heterocycles. The molecule has 0 spiro atoms. The van der Waals surface area contributed by atoms with Gasteiger partial charge in [0.15, 0.2) is 0 Å². The molecule has 2 aliphatic rings. The van der Waals surface area contributed by atoms with Crippen LogP contribution in [0.2, 0.25) is 0 Å². The van der Waals surface area contributed by atoms with Crippen molar-refractivity contribution >= 4 is 33.2 Å². The van der Waals surface area contributed by atoms with Crippen molar-refractivity contribution in [1.29, 1.82) is 0 Å². The summed E-state index contributed by atoms with van der Waals surface area (Å²) in [6.45, 7) is 5.77. The van der Waals surface area contributed by atoms with Crippen molar-refractivity contribution in [2.45, 2.75) is 44.9 Å². The Morgan fingerprint density at radius 2 is 1.15 bits per heavy atom. The maximum absolute atomic E-state index is 9.22. The van der Waals surface area contributed by atoms with E-state index in [1.807, 2.05) is 0 Å². The number of allylic oxidation sites excluding steroid dienone is 4. The quantitative estimate of drug-likeness (QED) is 0.113. The summed E-state index contributed by atoms with van der Waals surface area (Å²) < 4.78 is 12.3. The van der Waals surface area contributed by atoms with Gasteiger partial charge < -0.3 is 19.7 Å². The van der Waals surface area contributed by atoms with E-state index < -0.39 is 5.41 Å². The number of rotatable bonds is 12. The first-order valence-electron chi connectivity index (χ1n) is 16.8. The van der Waals surface area contributed by atoms with Crippen LogP contribution < -0.4 is 19.9 Å². The molecule has 5 aromatic carbocycles. The molecule has 0 heterocycles. The van der Waals surface area contributed by atoms with Crippen LogP contribution in [0.5, 0.6) is 11.5 Å². The molecule has 0 atom stereocenters. The number of aliphatic hydroxyl groups is 2. The highest BCUT2D eigenvalue weighted by Crippen LogP contribution is 2.49. The number of hydrogen-bond acceptors (Lipinski definition) is 4. The summed E-state index contributed by atoms with van der Waals surface area (Å²) in [7, 11) is 0. The zero-order valence-corrected chi connectivity index (χ0v) is 27.3. The van der Waals surface area contributed by atoms with E-state index >= 15 is 0 Å². The van der Waals surface area contributed by atoms with Gasteiger partial charge >= 0.3 is 0 Å². The lowest BCUT2D eigenvalue weighted by atomic mass is 9.64. The van der Waals surface area contributed by atoms with Gasteiger partial charge in [-0.3, -0.25) is 0 Å². The van der Waals surface area contributed by atoms with E-state index in [-0.39, 0.29) is 13.2 Å². The first kappa shape index (κ1) is 31.0. The molecule has 0 fully saturated rings. The maximum Gasteiger partial charge on any atom is 0.122 e. The standard InChI is InChI=1S/C43H42O4/c1-29-26-32(17-19-39(29)46-24-9-7-22-44)43(33-18-20-40(30(2)27-33)47-25-10-8-23-45)21-11-12-31-28-38-36-15-4-3-13-34(36)35-14-5-6-16-37(35)41(38)42(31)43/h3-6,11-21,26-28,44-45H,7-10,22-25H2,1-2H3. The predicted octanol–water partition coefficient (Wildman–Crippen LogP) is 7.34. The van der Waals surface area contributed by atoms with Gasteiger partial charge in [0.1, 0.15) is 11.5 Å². The van der Waals surface area contributed by atoms with Crippen molar-refractivity contribution in [2.24, 2.45) is 0 Å². The molecule has 2 N–H and O–H groups in total. The smallest absolute Gasteiger partial charge is 0.122 e. The van der Waals surface area contributed by atoms with E-state index in [4.69, 9.17) is 9.47 Å². The van der Waals surface area contributed by atoms with Gasteiger partial charge in [-0.15, -0.1) is 0 Å². The summed E-state index contributed by atoms with van der Waals surface area (Å²) in [5.41, 5.74) is 6.49. The summed E-state index contributed by atoms with van der Waals surface area (Å²) >= 11 is 0. The second-order valence-electron chi connectivity index (χ2n) is 12.7. The lowest BCUT2D eigenvalue weighted by Crippen LogP contribution is -2.36. The fourth-order valence-corrected chi connectivity index (χ4v) is 7.45. The van der Waals surface area contributed by atoms with Crippen molar-refractivity contribution in [1.82, 2.24) is 0 Å². The van der Waals surface area contributed by atoms with Gasteiger partial charge in [0.05, 0.1) is 18.6 Å². The van der Waals surface area contributed by atoms with Crippen LogP contribution in [0.25, 0.3) is 33.2 Å². The highest BCUT2D eigenvalue weighted by molar-refractivity contribution is 6.12. The lowest BCUT2D eigenvalue weighted by Gasteiger charge is -2.37. The van der Waals surface area contributed by atoms with Gasteiger partial charge in [0, 0.05) is 13.2 Å². The summed E-state index contributed by atoms with van der Waals surface area (Å²) in [5, 5.41) is 26.1. The van der Waals surface area contributed by atoms with E-state index in [9.17, 15) is 10.2 Å². The number of fused-ring (bicyclic) bond motifs is 7. The second kappa shape index (κ2) is 13.2. The number of aliphatic hydroxyl groups excluding tert-OH is 2. The molecule has 5 aromatic rings. The SMILES string of the molecule is Cc1cc(C2(c3ccc(OCCCCO)c(C)c3)C=CC=C3C=c4c(c5ccccc5c5ccccc45)=C32)ccc1OCCCCO. The molecule has 0 radical (unpaired) electrons. The monoisotopic (exact) mass is 622 g/mol. The highest BCUT2D eigenvalue weighted by Gasteiger charge is 2.41. The number of benzene rings is 5. The second-order valence-corrected chi connectivity index (χ2v) is 12.7. The van der Waals surface area contributed by atoms with Crippen LogP contribution in [-0.2, 0) is 5.41 Å². The Balaban J connectivity index is 1.49. The molecule has 2 aliphatic carbocycles. The van der Waals surface area contributed by atoms with Crippen LogP contribution in [0.1, 0.15) is 47.9 Å². The molecule has 0 amide bonds. The minimum Gasteiger partial charge on any atom is -0.493 e. The fraction of sp³-hybridized carbons (Fsp3) is 0.256. The number of hydrogen-bond donors (Lipinski definition) is 2. The normalized spacial score (nSPS) is 14.6. The third-order valence-corrected chi connectivity index (χ3v) is 9.71. The first-order valence-corrected chi connectivity index (χ1v) is 16.8. The molecule has 4 heteroatoms. The Hall–Kier alpha value is -4.64. The van der Waals surface area contributed by atoms with E-state index in [2.05, 4.69) is 123 Å². The minimum atomic E-state index is -0.572. The fourth-order valence-electron chi connectivity index (χ4n) is 7.45. The summed E-state index contributed by atoms with van der Waals surface area (Å²) in [5.74, 6) is 1.75. The number of unbranched alkanes of at least 4 members (excludes halogenated alkanes) is 2. The molecule has 4 nitrogen and oxygen atoms in total. The van der Waals surface area contributed by atoms with Crippen LogP contribution in [0.4, 0.5) is 0 Å². The summed E-state index contributed by atoms with van der Waals surface area (Å²) in [4.78, 5) is 0. The molecule has 47 heavy (non-hydrogen) atoms. The van der Waals surface area contributed by atoms with Crippen LogP contribution >= 0.6 is 0 Å². The molecule has 0 bridgehead atoms. The van der Waals surface area contributed by atoms with Crippen molar-refractivity contribution in [3.63, 3.8) is 0 Å². The van der Waals surface area contributed by atoms with Gasteiger partial charge in [-0.1, -0.05) is 91.0 Å². The van der Waals surface area contributed by atoms with Crippen molar-refractivity contribution in [3.8, 4) is 11.5 Å². The zero-order chi connectivity index (χ0) is 32.4. The van der Waals surface area contributed by atoms with Gasteiger partial charge in [-0.05, 0) is 123 Å². The largest absolute Gasteiger partial charge is 0.493 e.